The molecule has 1 aliphatic rings. The largest absolute Gasteiger partial charge is 0.541 e. The van der Waals surface area contributed by atoms with Crippen LogP contribution in [0.15, 0.2) is 93.2 Å². The molecule has 5 aromatic carbocycles. The third kappa shape index (κ3) is 9.10. The molecule has 1 aliphatic heterocycles. The van der Waals surface area contributed by atoms with E-state index in [1.165, 1.54) is 13.2 Å². The first-order valence-corrected chi connectivity index (χ1v) is 24.0. The average molecular weight is 906 g/mol. The van der Waals surface area contributed by atoms with Crippen molar-refractivity contribution >= 4 is 41.5 Å². The van der Waals surface area contributed by atoms with E-state index in [4.69, 9.17) is 56.7 Å². The quantitative estimate of drug-likeness (QED) is 0.0528. The summed E-state index contributed by atoms with van der Waals surface area (Å²) in [5, 5.41) is 6.31. The Labute approximate surface area is 379 Å². The Morgan fingerprint density at radius 2 is 1.26 bits per heavy atom. The molecule has 14 nitrogen and oxygen atoms in total. The second kappa shape index (κ2) is 20.3. The SMILES string of the molecule is CC[Si](CC)(CC)Oc1c(CC2=NOC(c3cc4cc(C(=O)OC)oc(=O)c4c(OCc4ccccc4)c3OCc3ccccc3)C2)c(OC)c2c(OC)cc(OC)c(OC)c2c1OC. The lowest BCUT2D eigenvalue weighted by molar-refractivity contribution is 0.0560. The first kappa shape index (κ1) is 46.1. The Morgan fingerprint density at radius 3 is 1.82 bits per heavy atom. The fourth-order valence-electron chi connectivity index (χ4n) is 8.37. The summed E-state index contributed by atoms with van der Waals surface area (Å²) in [6, 6.07) is 26.7. The van der Waals surface area contributed by atoms with Gasteiger partial charge in [0.15, 0.2) is 40.6 Å². The monoisotopic (exact) mass is 905 g/mol. The minimum Gasteiger partial charge on any atom is -0.541 e. The van der Waals surface area contributed by atoms with Crippen molar-refractivity contribution in [2.75, 3.05) is 42.7 Å². The van der Waals surface area contributed by atoms with Crippen molar-refractivity contribution < 1.29 is 56.4 Å². The summed E-state index contributed by atoms with van der Waals surface area (Å²) >= 11 is 0. The van der Waals surface area contributed by atoms with Crippen LogP contribution in [0, 0.1) is 0 Å². The van der Waals surface area contributed by atoms with Crippen molar-refractivity contribution in [3.8, 4) is 46.0 Å². The molecule has 1 atom stereocenters. The van der Waals surface area contributed by atoms with Gasteiger partial charge in [-0.25, -0.2) is 9.59 Å². The minimum absolute atomic E-state index is 0.0887. The normalized spacial score (nSPS) is 13.5. The van der Waals surface area contributed by atoms with E-state index in [1.807, 2.05) is 60.7 Å². The molecular weight excluding hydrogens is 851 g/mol. The predicted octanol–water partition coefficient (Wildman–Crippen LogP) is 10.4. The van der Waals surface area contributed by atoms with Crippen molar-refractivity contribution in [1.29, 1.82) is 0 Å². The molecule has 7 rings (SSSR count). The molecule has 0 saturated heterocycles. The maximum absolute atomic E-state index is 13.9. The second-order valence-electron chi connectivity index (χ2n) is 15.4. The Balaban J connectivity index is 1.40. The van der Waals surface area contributed by atoms with E-state index in [2.05, 4.69) is 20.8 Å². The zero-order valence-electron chi connectivity index (χ0n) is 38.3. The molecule has 2 heterocycles. The van der Waals surface area contributed by atoms with Crippen molar-refractivity contribution in [3.63, 3.8) is 0 Å². The number of hydrogen-bond acceptors (Lipinski definition) is 14. The molecule has 0 N–H and O–H groups in total. The van der Waals surface area contributed by atoms with Crippen LogP contribution >= 0.6 is 0 Å². The summed E-state index contributed by atoms with van der Waals surface area (Å²) in [6.45, 7) is 6.71. The van der Waals surface area contributed by atoms with E-state index >= 15 is 0 Å². The fraction of sp³-hybridized carbons (Fsp3) is 0.340. The molecule has 6 aromatic rings. The van der Waals surface area contributed by atoms with E-state index in [-0.39, 0.29) is 48.7 Å². The summed E-state index contributed by atoms with van der Waals surface area (Å²) in [5.74, 6) is 2.12. The summed E-state index contributed by atoms with van der Waals surface area (Å²) < 4.78 is 61.3. The van der Waals surface area contributed by atoms with Crippen molar-refractivity contribution in [3.05, 3.63) is 117 Å². The number of esters is 1. The van der Waals surface area contributed by atoms with Gasteiger partial charge in [-0.1, -0.05) is 86.6 Å². The second-order valence-corrected chi connectivity index (χ2v) is 20.1. The Bertz CT molecular complexity index is 2740. The highest BCUT2D eigenvalue weighted by molar-refractivity contribution is 6.74. The molecule has 65 heavy (non-hydrogen) atoms. The fourth-order valence-corrected chi connectivity index (χ4v) is 10.9. The topological polar surface area (TPSA) is 152 Å². The van der Waals surface area contributed by atoms with Crippen LogP contribution in [-0.4, -0.2) is 62.7 Å². The van der Waals surface area contributed by atoms with Crippen LogP contribution in [0.25, 0.3) is 21.5 Å². The van der Waals surface area contributed by atoms with Crippen molar-refractivity contribution in [1.82, 2.24) is 0 Å². The van der Waals surface area contributed by atoms with Crippen LogP contribution in [0.2, 0.25) is 18.1 Å². The van der Waals surface area contributed by atoms with E-state index in [1.54, 1.807) is 47.7 Å². The zero-order valence-corrected chi connectivity index (χ0v) is 39.3. The number of methoxy groups -OCH3 is 6. The standard InChI is InChI=1S/C50H55NO13Si/c1-10-65(11-2,12-3)64-45-35(43(56-6)41-37(54-4)27-38(55-5)46(57-7)42(41)47(45)58-8)25-33-26-36(63-51-33)34-23-32-24-39(49(52)59-9)62-50(53)40(32)48(61-29-31-21-17-14-18-22-31)44(34)60-28-30-19-15-13-16-20-30/h13-24,27,36H,10-12,25-26,28-29H2,1-9H3. The molecule has 15 heteroatoms. The molecule has 0 saturated carbocycles. The van der Waals surface area contributed by atoms with Gasteiger partial charge in [-0.05, 0) is 46.8 Å². The zero-order chi connectivity index (χ0) is 46.3. The van der Waals surface area contributed by atoms with Gasteiger partial charge in [0, 0.05) is 30.0 Å². The highest BCUT2D eigenvalue weighted by Gasteiger charge is 2.38. The molecule has 0 fully saturated rings. The van der Waals surface area contributed by atoms with Crippen LogP contribution in [0.4, 0.5) is 0 Å². The highest BCUT2D eigenvalue weighted by atomic mass is 28.4. The van der Waals surface area contributed by atoms with E-state index in [9.17, 15) is 9.59 Å². The number of carbonyl (C=O) groups is 1. The highest BCUT2D eigenvalue weighted by Crippen LogP contribution is 2.56. The summed E-state index contributed by atoms with van der Waals surface area (Å²) in [5.41, 5.74) is 2.80. The van der Waals surface area contributed by atoms with Gasteiger partial charge >= 0.3 is 11.6 Å². The number of hydrogen-bond donors (Lipinski definition) is 0. The van der Waals surface area contributed by atoms with Gasteiger partial charge in [-0.2, -0.15) is 0 Å². The summed E-state index contributed by atoms with van der Waals surface area (Å²) in [4.78, 5) is 33.0. The Hall–Kier alpha value is -6.87. The van der Waals surface area contributed by atoms with Crippen LogP contribution in [0.3, 0.4) is 0 Å². The molecule has 0 bridgehead atoms. The van der Waals surface area contributed by atoms with Crippen LogP contribution in [0.5, 0.6) is 46.0 Å². The number of nitrogens with zero attached hydrogens (tertiary/aromatic N) is 1. The first-order valence-electron chi connectivity index (χ1n) is 21.5. The smallest absolute Gasteiger partial charge is 0.374 e. The summed E-state index contributed by atoms with van der Waals surface area (Å²) in [6.07, 6.45) is -0.234. The van der Waals surface area contributed by atoms with Gasteiger partial charge < -0.3 is 51.6 Å². The van der Waals surface area contributed by atoms with Gasteiger partial charge in [0.2, 0.25) is 5.76 Å². The molecule has 0 spiro atoms. The third-order valence-electron chi connectivity index (χ3n) is 12.0. The molecule has 1 aromatic heterocycles. The minimum atomic E-state index is -2.39. The maximum atomic E-state index is 13.9. The van der Waals surface area contributed by atoms with E-state index in [0.717, 1.165) is 29.3 Å². The van der Waals surface area contributed by atoms with E-state index < -0.39 is 26.0 Å². The molecular formula is C50H55NO13Si. The number of fused-ring (bicyclic) bond motifs is 2. The van der Waals surface area contributed by atoms with E-state index in [0.29, 0.717) is 67.5 Å². The molecule has 0 amide bonds. The predicted molar refractivity (Wildman–Crippen MR) is 249 cm³/mol. The van der Waals surface area contributed by atoms with Crippen molar-refractivity contribution in [2.45, 2.75) is 71.1 Å². The first-order chi connectivity index (χ1) is 31.6. The lowest BCUT2D eigenvalue weighted by atomic mass is 9.94. The lowest BCUT2D eigenvalue weighted by Crippen LogP contribution is -2.39. The Morgan fingerprint density at radius 1 is 0.662 bits per heavy atom. The van der Waals surface area contributed by atoms with Gasteiger partial charge in [-0.3, -0.25) is 0 Å². The van der Waals surface area contributed by atoms with Crippen LogP contribution < -0.4 is 43.2 Å². The van der Waals surface area contributed by atoms with Gasteiger partial charge in [0.25, 0.3) is 8.32 Å². The Kier molecular flexibility index (Phi) is 14.4. The third-order valence-corrected chi connectivity index (χ3v) is 16.5. The summed E-state index contributed by atoms with van der Waals surface area (Å²) in [7, 11) is 6.75. The van der Waals surface area contributed by atoms with Crippen LogP contribution in [-0.2, 0) is 29.2 Å². The maximum Gasteiger partial charge on any atom is 0.374 e. The molecule has 1 unspecified atom stereocenters. The number of oxime groups is 1. The number of benzene rings is 5. The van der Waals surface area contributed by atoms with Gasteiger partial charge in [0.05, 0.1) is 59.1 Å². The number of ether oxygens (including phenoxy) is 8. The lowest BCUT2D eigenvalue weighted by Gasteiger charge is -2.32. The molecule has 342 valence electrons. The number of rotatable bonds is 20. The van der Waals surface area contributed by atoms with Gasteiger partial charge in [-0.15, -0.1) is 0 Å². The van der Waals surface area contributed by atoms with Crippen LogP contribution in [0.1, 0.15) is 66.1 Å². The average Bonchev–Trinajstić information content (AvgIpc) is 3.82. The molecule has 0 aliphatic carbocycles. The number of carbonyl (C=O) groups excluding carboxylic acids is 1. The van der Waals surface area contributed by atoms with Gasteiger partial charge in [0.1, 0.15) is 30.1 Å². The molecule has 0 radical (unpaired) electrons. The van der Waals surface area contributed by atoms with Crippen molar-refractivity contribution in [2.24, 2.45) is 5.16 Å².